The second-order valence-electron chi connectivity index (χ2n) is 5.87. The van der Waals surface area contributed by atoms with Crippen LogP contribution in [0.25, 0.3) is 0 Å². The molecule has 2 aliphatic rings. The topological polar surface area (TPSA) is 17.1 Å². The van der Waals surface area contributed by atoms with Crippen molar-refractivity contribution in [1.29, 1.82) is 0 Å². The monoisotopic (exact) mass is 228 g/mol. The highest BCUT2D eigenvalue weighted by Gasteiger charge is 2.51. The van der Waals surface area contributed by atoms with Gasteiger partial charge in [0.05, 0.1) is 0 Å². The van der Waals surface area contributed by atoms with E-state index in [0.717, 1.165) is 25.7 Å². The summed E-state index contributed by atoms with van der Waals surface area (Å²) in [5.74, 6) is 1.91. The first-order valence-corrected chi connectivity index (χ1v) is 6.55. The van der Waals surface area contributed by atoms with E-state index < -0.39 is 0 Å². The lowest BCUT2D eigenvalue weighted by molar-refractivity contribution is -0.139. The van der Waals surface area contributed by atoms with Gasteiger partial charge in [-0.1, -0.05) is 20.8 Å². The number of carbonyl (C=O) groups excluding carboxylic acids is 1. The van der Waals surface area contributed by atoms with E-state index in [-0.39, 0.29) is 16.7 Å². The van der Waals surface area contributed by atoms with Crippen molar-refractivity contribution in [3.8, 4) is 0 Å². The van der Waals surface area contributed by atoms with E-state index in [0.29, 0.717) is 17.6 Å². The molecule has 2 rings (SSSR count). The summed E-state index contributed by atoms with van der Waals surface area (Å²) in [6, 6.07) is 0. The average Bonchev–Trinajstić information content (AvgIpc) is 2.18. The summed E-state index contributed by atoms with van der Waals surface area (Å²) in [6.45, 7) is 6.84. The number of fused-ring (bicyclic) bond motifs is 1. The predicted octanol–water partition coefficient (Wildman–Crippen LogP) is 3.65. The minimum Gasteiger partial charge on any atom is -0.299 e. The molecule has 2 aliphatic carbocycles. The maximum atomic E-state index is 12.1. The molecule has 0 aromatic heterocycles. The number of halogens is 1. The maximum absolute atomic E-state index is 12.1. The molecule has 0 aromatic carbocycles. The molecule has 0 aliphatic heterocycles. The van der Waals surface area contributed by atoms with Crippen LogP contribution in [-0.2, 0) is 4.79 Å². The third-order valence-electron chi connectivity index (χ3n) is 5.09. The van der Waals surface area contributed by atoms with Crippen molar-refractivity contribution >= 4 is 17.4 Å². The minimum absolute atomic E-state index is 0.222. The second-order valence-corrected chi connectivity index (χ2v) is 6.48. The van der Waals surface area contributed by atoms with Gasteiger partial charge < -0.3 is 0 Å². The molecule has 5 atom stereocenters. The minimum atomic E-state index is 0.222. The highest BCUT2D eigenvalue weighted by Crippen LogP contribution is 2.54. The van der Waals surface area contributed by atoms with Crippen LogP contribution in [-0.4, -0.2) is 11.2 Å². The third kappa shape index (κ3) is 1.73. The first-order chi connectivity index (χ1) is 6.95. The smallest absolute Gasteiger partial charge is 0.136 e. The summed E-state index contributed by atoms with van der Waals surface area (Å²) in [4.78, 5) is 12.1. The molecule has 0 heterocycles. The van der Waals surface area contributed by atoms with E-state index in [1.165, 1.54) is 0 Å². The first kappa shape index (κ1) is 11.4. The number of Topliss-reactive ketones (excluding diaryl/α,β-unsaturated/α-hetero) is 1. The van der Waals surface area contributed by atoms with Gasteiger partial charge in [-0.15, -0.1) is 11.6 Å². The van der Waals surface area contributed by atoms with Gasteiger partial charge in [-0.2, -0.15) is 0 Å². The van der Waals surface area contributed by atoms with Gasteiger partial charge in [0.1, 0.15) is 5.78 Å². The fourth-order valence-electron chi connectivity index (χ4n) is 3.62. The standard InChI is InChI=1S/C13H21ClO/c1-8-6-12(15)11-7-10(14)4-5-13(11,3)9(8)2/h8-11H,4-7H2,1-3H3/t8-,9+,10+,11+,13+/m0/s1. The summed E-state index contributed by atoms with van der Waals surface area (Å²) < 4.78 is 0. The van der Waals surface area contributed by atoms with Gasteiger partial charge >= 0.3 is 0 Å². The fraction of sp³-hybridized carbons (Fsp3) is 0.923. The maximum Gasteiger partial charge on any atom is 0.136 e. The molecule has 0 aromatic rings. The highest BCUT2D eigenvalue weighted by atomic mass is 35.5. The molecular formula is C13H21ClO. The lowest BCUT2D eigenvalue weighted by Crippen LogP contribution is -2.49. The van der Waals surface area contributed by atoms with Crippen LogP contribution in [0.1, 0.15) is 46.5 Å². The van der Waals surface area contributed by atoms with Crippen LogP contribution < -0.4 is 0 Å². The molecule has 2 saturated carbocycles. The van der Waals surface area contributed by atoms with Crippen LogP contribution in [0.2, 0.25) is 0 Å². The Morgan fingerprint density at radius 1 is 1.40 bits per heavy atom. The number of alkyl halides is 1. The van der Waals surface area contributed by atoms with Crippen molar-refractivity contribution in [2.45, 2.75) is 51.8 Å². The molecule has 0 radical (unpaired) electrons. The summed E-state index contributed by atoms with van der Waals surface area (Å²) >= 11 is 6.20. The zero-order valence-corrected chi connectivity index (χ0v) is 10.7. The number of rotatable bonds is 0. The molecule has 2 heteroatoms. The van der Waals surface area contributed by atoms with Gasteiger partial charge in [-0.25, -0.2) is 0 Å². The first-order valence-electron chi connectivity index (χ1n) is 6.12. The second kappa shape index (κ2) is 3.76. The van der Waals surface area contributed by atoms with Gasteiger partial charge in [-0.05, 0) is 36.5 Å². The normalized spacial score (nSPS) is 51.3. The average molecular weight is 229 g/mol. The molecule has 1 nitrogen and oxygen atoms in total. The van der Waals surface area contributed by atoms with Gasteiger partial charge in [-0.3, -0.25) is 4.79 Å². The Hall–Kier alpha value is -0.0400. The summed E-state index contributed by atoms with van der Waals surface area (Å²) in [6.07, 6.45) is 3.89. The van der Waals surface area contributed by atoms with Crippen LogP contribution in [0.3, 0.4) is 0 Å². The van der Waals surface area contributed by atoms with Crippen molar-refractivity contribution in [3.63, 3.8) is 0 Å². The van der Waals surface area contributed by atoms with Crippen LogP contribution in [0, 0.1) is 23.2 Å². The van der Waals surface area contributed by atoms with E-state index >= 15 is 0 Å². The Kier molecular flexibility index (Phi) is 2.87. The van der Waals surface area contributed by atoms with Crippen LogP contribution in [0.4, 0.5) is 0 Å². The third-order valence-corrected chi connectivity index (χ3v) is 5.49. The zero-order valence-electron chi connectivity index (χ0n) is 9.92. The molecule has 0 N–H and O–H groups in total. The Morgan fingerprint density at radius 2 is 2.07 bits per heavy atom. The van der Waals surface area contributed by atoms with Crippen molar-refractivity contribution in [3.05, 3.63) is 0 Å². The van der Waals surface area contributed by atoms with Gasteiger partial charge in [0.15, 0.2) is 0 Å². The van der Waals surface area contributed by atoms with Crippen molar-refractivity contribution in [2.75, 3.05) is 0 Å². The summed E-state index contributed by atoms with van der Waals surface area (Å²) in [7, 11) is 0. The molecule has 0 unspecified atom stereocenters. The van der Waals surface area contributed by atoms with Crippen LogP contribution in [0.15, 0.2) is 0 Å². The molecule has 0 amide bonds. The Labute approximate surface area is 97.6 Å². The molecule has 0 spiro atoms. The highest BCUT2D eigenvalue weighted by molar-refractivity contribution is 6.20. The molecule has 15 heavy (non-hydrogen) atoms. The van der Waals surface area contributed by atoms with Gasteiger partial charge in [0, 0.05) is 17.7 Å². The Bertz CT molecular complexity index is 276. The summed E-state index contributed by atoms with van der Waals surface area (Å²) in [5.41, 5.74) is 0.222. The molecule has 2 fully saturated rings. The molecule has 0 bridgehead atoms. The van der Waals surface area contributed by atoms with E-state index in [9.17, 15) is 4.79 Å². The molecular weight excluding hydrogens is 208 g/mol. The number of hydrogen-bond acceptors (Lipinski definition) is 1. The quantitative estimate of drug-likeness (QED) is 0.579. The van der Waals surface area contributed by atoms with Gasteiger partial charge in [0.25, 0.3) is 0 Å². The van der Waals surface area contributed by atoms with Crippen molar-refractivity contribution in [1.82, 2.24) is 0 Å². The summed E-state index contributed by atoms with van der Waals surface area (Å²) in [5, 5.41) is 0.229. The Balaban J connectivity index is 2.27. The van der Waals surface area contributed by atoms with E-state index in [4.69, 9.17) is 11.6 Å². The largest absolute Gasteiger partial charge is 0.299 e. The van der Waals surface area contributed by atoms with E-state index in [2.05, 4.69) is 20.8 Å². The Morgan fingerprint density at radius 3 is 2.73 bits per heavy atom. The van der Waals surface area contributed by atoms with Crippen LogP contribution >= 0.6 is 11.6 Å². The lowest BCUT2D eigenvalue weighted by atomic mass is 9.53. The predicted molar refractivity (Wildman–Crippen MR) is 63.0 cm³/mol. The van der Waals surface area contributed by atoms with Crippen molar-refractivity contribution in [2.24, 2.45) is 23.2 Å². The SMILES string of the molecule is C[C@@H]1[C@@H](C)CC(=O)[C@H]2C[C@H](Cl)CC[C@@]21C. The van der Waals surface area contributed by atoms with Crippen LogP contribution in [0.5, 0.6) is 0 Å². The fourth-order valence-corrected chi connectivity index (χ4v) is 3.90. The van der Waals surface area contributed by atoms with E-state index in [1.54, 1.807) is 0 Å². The molecule has 0 saturated heterocycles. The number of carbonyl (C=O) groups is 1. The molecule has 86 valence electrons. The zero-order chi connectivity index (χ0) is 11.2. The van der Waals surface area contributed by atoms with Gasteiger partial charge in [0.2, 0.25) is 0 Å². The van der Waals surface area contributed by atoms with E-state index in [1.807, 2.05) is 0 Å². The number of hydrogen-bond donors (Lipinski definition) is 0. The number of ketones is 1. The lowest BCUT2D eigenvalue weighted by Gasteiger charge is -2.51. The van der Waals surface area contributed by atoms with Crippen molar-refractivity contribution < 1.29 is 4.79 Å².